The molecule has 0 saturated carbocycles. The van der Waals surface area contributed by atoms with Gasteiger partial charge >= 0.3 is 5.69 Å². The Morgan fingerprint density at radius 1 is 1.09 bits per heavy atom. The van der Waals surface area contributed by atoms with E-state index in [0.717, 1.165) is 32.6 Å². The molecule has 1 aliphatic heterocycles. The van der Waals surface area contributed by atoms with Gasteiger partial charge in [-0.05, 0) is 36.2 Å². The van der Waals surface area contributed by atoms with Gasteiger partial charge in [0.15, 0.2) is 11.5 Å². The third kappa shape index (κ3) is 3.09. The fourth-order valence-electron chi connectivity index (χ4n) is 4.78. The molecule has 0 saturated heterocycles. The molecule has 2 aromatic heterocycles. The summed E-state index contributed by atoms with van der Waals surface area (Å²) in [5.41, 5.74) is 4.07. The van der Waals surface area contributed by atoms with E-state index in [1.165, 1.54) is 18.7 Å². The largest absolute Gasteiger partial charge is 0.504 e. The Balaban J connectivity index is 1.92. The zero-order chi connectivity index (χ0) is 23.4. The van der Waals surface area contributed by atoms with Crippen LogP contribution in [0.5, 0.6) is 11.5 Å². The summed E-state index contributed by atoms with van der Waals surface area (Å²) in [5, 5.41) is 10.6. The molecule has 1 aliphatic rings. The first-order valence-electron chi connectivity index (χ1n) is 10.7. The third-order valence-corrected chi connectivity index (χ3v) is 6.35. The summed E-state index contributed by atoms with van der Waals surface area (Å²) in [6, 6.07) is 13.0. The first kappa shape index (κ1) is 21.1. The molecular formula is C25H25N3O5. The molecule has 1 N–H and O–H groups in total. The van der Waals surface area contributed by atoms with Crippen LogP contribution in [0.25, 0.3) is 22.2 Å². The number of phenols is 1. The second kappa shape index (κ2) is 7.67. The number of aromatic hydroxyl groups is 1. The van der Waals surface area contributed by atoms with E-state index in [9.17, 15) is 14.7 Å². The Hall–Kier alpha value is -3.78. The smallest absolute Gasteiger partial charge is 0.331 e. The van der Waals surface area contributed by atoms with E-state index in [1.807, 2.05) is 31.2 Å². The van der Waals surface area contributed by atoms with Crippen LogP contribution in [-0.4, -0.2) is 32.5 Å². The average Bonchev–Trinajstić information content (AvgIpc) is 3.17. The predicted octanol–water partition coefficient (Wildman–Crippen LogP) is 2.85. The molecule has 0 amide bonds. The summed E-state index contributed by atoms with van der Waals surface area (Å²) in [5.74, 6) is 0.354. The molecule has 4 aromatic rings. The Kier molecular flexibility index (Phi) is 4.90. The summed E-state index contributed by atoms with van der Waals surface area (Å²) < 4.78 is 16.2. The van der Waals surface area contributed by atoms with Crippen molar-refractivity contribution in [1.29, 1.82) is 0 Å². The first-order valence-corrected chi connectivity index (χ1v) is 10.7. The number of fused-ring (bicyclic) bond motifs is 3. The number of aryl methyl sites for hydroxylation is 2. The standard InChI is InChI=1S/C25H25N3O5/c1-14-6-5-7-15(12-14)20-19-21(26(2)25(31)27(3)24(19)30)22-23(33-11-10-28(20)22)16-8-9-17(29)18(13-16)32-4/h5-9,12-13,23,29H,10-11H2,1-4H3. The Morgan fingerprint density at radius 2 is 1.88 bits per heavy atom. The van der Waals surface area contributed by atoms with E-state index in [4.69, 9.17) is 9.47 Å². The van der Waals surface area contributed by atoms with E-state index in [0.29, 0.717) is 29.8 Å². The highest BCUT2D eigenvalue weighted by atomic mass is 16.5. The second-order valence-electron chi connectivity index (χ2n) is 8.37. The van der Waals surface area contributed by atoms with E-state index >= 15 is 0 Å². The van der Waals surface area contributed by atoms with Crippen molar-refractivity contribution in [2.24, 2.45) is 14.1 Å². The minimum atomic E-state index is -0.549. The molecule has 170 valence electrons. The van der Waals surface area contributed by atoms with Gasteiger partial charge in [-0.1, -0.05) is 29.8 Å². The van der Waals surface area contributed by atoms with Crippen molar-refractivity contribution in [3.8, 4) is 22.8 Å². The molecule has 0 fully saturated rings. The van der Waals surface area contributed by atoms with Gasteiger partial charge in [-0.25, -0.2) is 4.79 Å². The summed E-state index contributed by atoms with van der Waals surface area (Å²) >= 11 is 0. The van der Waals surface area contributed by atoms with Gasteiger partial charge in [0, 0.05) is 20.6 Å². The van der Waals surface area contributed by atoms with E-state index in [1.54, 1.807) is 25.2 Å². The van der Waals surface area contributed by atoms with Gasteiger partial charge in [-0.3, -0.25) is 13.9 Å². The van der Waals surface area contributed by atoms with Gasteiger partial charge in [-0.2, -0.15) is 0 Å². The monoisotopic (exact) mass is 447 g/mol. The lowest BCUT2D eigenvalue weighted by atomic mass is 10.0. The molecule has 5 rings (SSSR count). The molecule has 2 aromatic carbocycles. The highest BCUT2D eigenvalue weighted by Gasteiger charge is 2.33. The molecular weight excluding hydrogens is 422 g/mol. The van der Waals surface area contributed by atoms with Crippen molar-refractivity contribution in [2.75, 3.05) is 13.7 Å². The van der Waals surface area contributed by atoms with Crippen molar-refractivity contribution in [3.63, 3.8) is 0 Å². The maximum absolute atomic E-state index is 13.4. The summed E-state index contributed by atoms with van der Waals surface area (Å²) in [6.45, 7) is 2.97. The predicted molar refractivity (Wildman–Crippen MR) is 125 cm³/mol. The number of hydrogen-bond acceptors (Lipinski definition) is 5. The van der Waals surface area contributed by atoms with Crippen molar-refractivity contribution in [3.05, 3.63) is 80.1 Å². The number of hydrogen-bond donors (Lipinski definition) is 1. The normalized spacial score (nSPS) is 15.6. The zero-order valence-electron chi connectivity index (χ0n) is 19.0. The maximum Gasteiger partial charge on any atom is 0.331 e. The van der Waals surface area contributed by atoms with Crippen LogP contribution in [0.1, 0.15) is 22.9 Å². The molecule has 0 spiro atoms. The van der Waals surface area contributed by atoms with E-state index in [-0.39, 0.29) is 11.3 Å². The van der Waals surface area contributed by atoms with Crippen LogP contribution in [0.15, 0.2) is 52.1 Å². The maximum atomic E-state index is 13.4. The number of aromatic nitrogens is 3. The van der Waals surface area contributed by atoms with Gasteiger partial charge in [0.2, 0.25) is 0 Å². The highest BCUT2D eigenvalue weighted by Crippen LogP contribution is 2.42. The van der Waals surface area contributed by atoms with Gasteiger partial charge in [0.05, 0.1) is 36.0 Å². The minimum absolute atomic E-state index is 0.0269. The van der Waals surface area contributed by atoms with Gasteiger partial charge in [0.1, 0.15) is 6.10 Å². The molecule has 0 radical (unpaired) electrons. The summed E-state index contributed by atoms with van der Waals surface area (Å²) in [7, 11) is 4.66. The van der Waals surface area contributed by atoms with E-state index < -0.39 is 11.8 Å². The van der Waals surface area contributed by atoms with Crippen LogP contribution < -0.4 is 16.0 Å². The average molecular weight is 447 g/mol. The van der Waals surface area contributed by atoms with Crippen LogP contribution in [0.2, 0.25) is 0 Å². The fourth-order valence-corrected chi connectivity index (χ4v) is 4.78. The lowest BCUT2D eigenvalue weighted by Crippen LogP contribution is -2.37. The quantitative estimate of drug-likeness (QED) is 0.522. The molecule has 0 aliphatic carbocycles. The van der Waals surface area contributed by atoms with Crippen molar-refractivity contribution in [2.45, 2.75) is 19.6 Å². The minimum Gasteiger partial charge on any atom is -0.504 e. The molecule has 8 nitrogen and oxygen atoms in total. The third-order valence-electron chi connectivity index (χ3n) is 6.35. The van der Waals surface area contributed by atoms with Crippen LogP contribution in [0.3, 0.4) is 0 Å². The highest BCUT2D eigenvalue weighted by molar-refractivity contribution is 5.96. The van der Waals surface area contributed by atoms with Crippen LogP contribution in [-0.2, 0) is 25.4 Å². The van der Waals surface area contributed by atoms with Gasteiger partial charge < -0.3 is 19.1 Å². The van der Waals surface area contributed by atoms with Gasteiger partial charge in [-0.15, -0.1) is 0 Å². The number of nitrogens with zero attached hydrogens (tertiary/aromatic N) is 3. The van der Waals surface area contributed by atoms with Crippen LogP contribution in [0.4, 0.5) is 0 Å². The Morgan fingerprint density at radius 3 is 2.61 bits per heavy atom. The first-order chi connectivity index (χ1) is 15.8. The van der Waals surface area contributed by atoms with Crippen LogP contribution in [0, 0.1) is 6.92 Å². The van der Waals surface area contributed by atoms with E-state index in [2.05, 4.69) is 4.57 Å². The molecule has 0 bridgehead atoms. The number of methoxy groups -OCH3 is 1. The fraction of sp³-hybridized carbons (Fsp3) is 0.280. The number of benzene rings is 2. The number of phenolic OH excluding ortho intramolecular Hbond substituents is 1. The van der Waals surface area contributed by atoms with Crippen molar-refractivity contribution >= 4 is 10.9 Å². The second-order valence-corrected chi connectivity index (χ2v) is 8.37. The van der Waals surface area contributed by atoms with Gasteiger partial charge in [0.25, 0.3) is 5.56 Å². The molecule has 8 heteroatoms. The number of ether oxygens (including phenoxy) is 2. The summed E-state index contributed by atoms with van der Waals surface area (Å²) in [6.07, 6.45) is -0.549. The Bertz CT molecular complexity index is 1530. The Labute approximate surface area is 189 Å². The van der Waals surface area contributed by atoms with Crippen LogP contribution >= 0.6 is 0 Å². The molecule has 1 unspecified atom stereocenters. The number of rotatable bonds is 3. The van der Waals surface area contributed by atoms with Crippen molar-refractivity contribution in [1.82, 2.24) is 13.7 Å². The lowest BCUT2D eigenvalue weighted by molar-refractivity contribution is 0.0477. The molecule has 33 heavy (non-hydrogen) atoms. The topological polar surface area (TPSA) is 87.6 Å². The summed E-state index contributed by atoms with van der Waals surface area (Å²) in [4.78, 5) is 26.3. The lowest BCUT2D eigenvalue weighted by Gasteiger charge is -2.28. The SMILES string of the molecule is COc1cc(C2OCCn3c(-c4cccc(C)c4)c4c(=O)n(C)c(=O)n(C)c4c32)ccc1O. The zero-order valence-corrected chi connectivity index (χ0v) is 19.0. The molecule has 1 atom stereocenters. The van der Waals surface area contributed by atoms with Crippen molar-refractivity contribution < 1.29 is 14.6 Å². The molecule has 3 heterocycles.